The molecule has 1 saturated heterocycles. The van der Waals surface area contributed by atoms with E-state index < -0.39 is 0 Å². The molecule has 0 spiro atoms. The molecule has 0 unspecified atom stereocenters. The third-order valence-corrected chi connectivity index (χ3v) is 5.59. The van der Waals surface area contributed by atoms with Gasteiger partial charge in [0.15, 0.2) is 4.34 Å². The Bertz CT molecular complexity index is 678. The predicted octanol–water partition coefficient (Wildman–Crippen LogP) is 3.34. The molecule has 0 saturated carbocycles. The van der Waals surface area contributed by atoms with Gasteiger partial charge in [0.05, 0.1) is 12.7 Å². The zero-order valence-corrected chi connectivity index (χ0v) is 15.9. The van der Waals surface area contributed by atoms with Crippen molar-refractivity contribution >= 4 is 47.1 Å². The van der Waals surface area contributed by atoms with Crippen LogP contribution in [-0.4, -0.2) is 36.2 Å². The predicted molar refractivity (Wildman–Crippen MR) is 100 cm³/mol. The molecule has 2 heterocycles. The average Bonchev–Trinajstić information content (AvgIpc) is 2.95. The lowest BCUT2D eigenvalue weighted by Gasteiger charge is -2.29. The van der Waals surface area contributed by atoms with E-state index in [4.69, 9.17) is 4.74 Å². The molecule has 2 atom stereocenters. The van der Waals surface area contributed by atoms with Gasteiger partial charge in [-0.2, -0.15) is 0 Å². The van der Waals surface area contributed by atoms with Gasteiger partial charge in [-0.3, -0.25) is 4.79 Å². The van der Waals surface area contributed by atoms with E-state index in [1.807, 2.05) is 43.5 Å². The Morgan fingerprint density at radius 1 is 1.42 bits per heavy atom. The highest BCUT2D eigenvalue weighted by Gasteiger charge is 2.28. The molecule has 2 N–H and O–H groups in total. The molecule has 0 bridgehead atoms. The van der Waals surface area contributed by atoms with Gasteiger partial charge in [0.1, 0.15) is 6.04 Å². The summed E-state index contributed by atoms with van der Waals surface area (Å²) < 4.78 is 6.53. The molecule has 1 fully saturated rings. The van der Waals surface area contributed by atoms with E-state index in [2.05, 4.69) is 15.6 Å². The van der Waals surface area contributed by atoms with Gasteiger partial charge in [0.2, 0.25) is 5.91 Å². The molecular weight excluding hydrogens is 366 g/mol. The second-order valence-electron chi connectivity index (χ2n) is 5.38. The van der Waals surface area contributed by atoms with E-state index in [1.165, 1.54) is 0 Å². The van der Waals surface area contributed by atoms with Crippen molar-refractivity contribution in [1.29, 1.82) is 0 Å². The monoisotopic (exact) mass is 385 g/mol. The van der Waals surface area contributed by atoms with Gasteiger partial charge >= 0.3 is 0 Å². The van der Waals surface area contributed by atoms with Gasteiger partial charge in [-0.1, -0.05) is 11.8 Å². The molecule has 0 aliphatic carbocycles. The Morgan fingerprint density at radius 2 is 2.17 bits per heavy atom. The van der Waals surface area contributed by atoms with Crippen LogP contribution >= 0.6 is 35.5 Å². The van der Waals surface area contributed by atoms with Crippen molar-refractivity contribution in [2.75, 3.05) is 18.5 Å². The van der Waals surface area contributed by atoms with E-state index in [-0.39, 0.29) is 30.5 Å². The Kier molecular flexibility index (Phi) is 7.06. The van der Waals surface area contributed by atoms with Crippen LogP contribution in [0.4, 0.5) is 5.69 Å². The van der Waals surface area contributed by atoms with Gasteiger partial charge < -0.3 is 15.4 Å². The number of rotatable bonds is 4. The highest BCUT2D eigenvalue weighted by Crippen LogP contribution is 2.30. The van der Waals surface area contributed by atoms with Crippen molar-refractivity contribution in [3.63, 3.8) is 0 Å². The maximum atomic E-state index is 12.3. The third kappa shape index (κ3) is 4.94. The topological polar surface area (TPSA) is 63.2 Å². The summed E-state index contributed by atoms with van der Waals surface area (Å²) in [4.78, 5) is 17.8. The zero-order valence-electron chi connectivity index (χ0n) is 13.4. The maximum Gasteiger partial charge on any atom is 0.244 e. The van der Waals surface area contributed by atoms with Crippen molar-refractivity contribution in [1.82, 2.24) is 10.3 Å². The lowest BCUT2D eigenvalue weighted by Crippen LogP contribution is -2.53. The Hall–Kier alpha value is -1.12. The number of hydrogen-bond acceptors (Lipinski definition) is 6. The summed E-state index contributed by atoms with van der Waals surface area (Å²) in [5, 5.41) is 8.16. The van der Waals surface area contributed by atoms with Gasteiger partial charge in [-0.15, -0.1) is 23.7 Å². The lowest BCUT2D eigenvalue weighted by atomic mass is 10.1. The SMILES string of the molecule is Cc1csc(Sc2ccc(NC(=O)[C@H]3NCCO[C@@H]3C)cc2)n1.Cl. The Balaban J connectivity index is 0.00000208. The number of ether oxygens (including phenoxy) is 1. The van der Waals surface area contributed by atoms with Crippen LogP contribution in [0.1, 0.15) is 12.6 Å². The van der Waals surface area contributed by atoms with E-state index in [9.17, 15) is 4.79 Å². The summed E-state index contributed by atoms with van der Waals surface area (Å²) in [6.45, 7) is 5.24. The normalized spacial score (nSPS) is 20.2. The van der Waals surface area contributed by atoms with Crippen molar-refractivity contribution in [3.05, 3.63) is 35.3 Å². The number of anilines is 1. The summed E-state index contributed by atoms with van der Waals surface area (Å²) in [5.41, 5.74) is 1.83. The lowest BCUT2D eigenvalue weighted by molar-refractivity contribution is -0.123. The molecule has 3 rings (SSSR count). The molecule has 1 aliphatic rings. The van der Waals surface area contributed by atoms with Crippen LogP contribution in [-0.2, 0) is 9.53 Å². The fraction of sp³-hybridized carbons (Fsp3) is 0.375. The fourth-order valence-corrected chi connectivity index (χ4v) is 4.14. The number of amides is 1. The number of carbonyl (C=O) groups is 1. The van der Waals surface area contributed by atoms with Crippen molar-refractivity contribution in [3.8, 4) is 0 Å². The minimum Gasteiger partial charge on any atom is -0.375 e. The summed E-state index contributed by atoms with van der Waals surface area (Å²) in [5.74, 6) is -0.0619. The van der Waals surface area contributed by atoms with Gasteiger partial charge in [-0.05, 0) is 38.1 Å². The van der Waals surface area contributed by atoms with E-state index >= 15 is 0 Å². The molecule has 1 aliphatic heterocycles. The van der Waals surface area contributed by atoms with E-state index in [0.717, 1.165) is 20.6 Å². The second-order valence-corrected chi connectivity index (χ2v) is 7.56. The maximum absolute atomic E-state index is 12.3. The minimum absolute atomic E-state index is 0. The molecule has 1 amide bonds. The first-order chi connectivity index (χ1) is 11.1. The van der Waals surface area contributed by atoms with E-state index in [0.29, 0.717) is 13.2 Å². The molecule has 0 radical (unpaired) electrons. The minimum atomic E-state index is -0.309. The molecular formula is C16H20ClN3O2S2. The molecule has 8 heteroatoms. The summed E-state index contributed by atoms with van der Waals surface area (Å²) >= 11 is 3.27. The van der Waals surface area contributed by atoms with Crippen LogP contribution in [0.25, 0.3) is 0 Å². The molecule has 130 valence electrons. The number of halogens is 1. The van der Waals surface area contributed by atoms with Crippen molar-refractivity contribution in [2.45, 2.75) is 35.2 Å². The van der Waals surface area contributed by atoms with Crippen LogP contribution < -0.4 is 10.6 Å². The number of nitrogens with one attached hydrogen (secondary N) is 2. The van der Waals surface area contributed by atoms with Crippen molar-refractivity contribution < 1.29 is 9.53 Å². The standard InChI is InChI=1S/C16H19N3O2S2.ClH/c1-10-9-22-16(18-10)23-13-5-3-12(4-6-13)19-15(20)14-11(2)21-8-7-17-14;/h3-6,9,11,14,17H,7-8H2,1-2H3,(H,19,20);1H/t11-,14+;/m1./s1. The number of aromatic nitrogens is 1. The molecule has 1 aromatic heterocycles. The van der Waals surface area contributed by atoms with Crippen molar-refractivity contribution in [2.24, 2.45) is 0 Å². The number of aryl methyl sites for hydroxylation is 1. The fourth-order valence-electron chi connectivity index (χ4n) is 2.33. The summed E-state index contributed by atoms with van der Waals surface area (Å²) in [6, 6.07) is 7.50. The van der Waals surface area contributed by atoms with Crippen LogP contribution in [0.5, 0.6) is 0 Å². The van der Waals surface area contributed by atoms with Gasteiger partial charge in [0, 0.05) is 28.2 Å². The van der Waals surface area contributed by atoms with Crippen LogP contribution in [0.2, 0.25) is 0 Å². The van der Waals surface area contributed by atoms with Crippen LogP contribution in [0.15, 0.2) is 38.9 Å². The van der Waals surface area contributed by atoms with Gasteiger partial charge in [0.25, 0.3) is 0 Å². The Labute approximate surface area is 156 Å². The van der Waals surface area contributed by atoms with E-state index in [1.54, 1.807) is 23.1 Å². The van der Waals surface area contributed by atoms with Gasteiger partial charge in [-0.25, -0.2) is 4.98 Å². The summed E-state index contributed by atoms with van der Waals surface area (Å²) in [6.07, 6.45) is -0.119. The number of benzene rings is 1. The first-order valence-corrected chi connectivity index (χ1v) is 9.17. The molecule has 1 aromatic carbocycles. The zero-order chi connectivity index (χ0) is 16.2. The summed E-state index contributed by atoms with van der Waals surface area (Å²) in [7, 11) is 0. The second kappa shape index (κ2) is 8.82. The molecule has 24 heavy (non-hydrogen) atoms. The number of morpholine rings is 1. The quantitative estimate of drug-likeness (QED) is 0.845. The van der Waals surface area contributed by atoms with Crippen LogP contribution in [0, 0.1) is 6.92 Å². The number of hydrogen-bond donors (Lipinski definition) is 2. The first kappa shape index (κ1) is 19.2. The highest BCUT2D eigenvalue weighted by molar-refractivity contribution is 8.01. The average molecular weight is 386 g/mol. The largest absolute Gasteiger partial charge is 0.375 e. The highest BCUT2D eigenvalue weighted by atomic mass is 35.5. The third-order valence-electron chi connectivity index (χ3n) is 3.52. The number of thiazole rings is 1. The molecule has 5 nitrogen and oxygen atoms in total. The molecule has 2 aromatic rings. The number of carbonyl (C=O) groups excluding carboxylic acids is 1. The Morgan fingerprint density at radius 3 is 2.79 bits per heavy atom. The smallest absolute Gasteiger partial charge is 0.244 e. The first-order valence-electron chi connectivity index (χ1n) is 7.48. The number of nitrogens with zero attached hydrogens (tertiary/aromatic N) is 1. The van der Waals surface area contributed by atoms with Crippen LogP contribution in [0.3, 0.4) is 0 Å².